The Balaban J connectivity index is 1.45. The molecule has 0 unspecified atom stereocenters. The minimum absolute atomic E-state index is 0.427. The molecule has 2 aliphatic rings. The van der Waals surface area contributed by atoms with Gasteiger partial charge in [0.1, 0.15) is 22.9 Å². The standard InChI is InChI=1S/C27H28N6/c1-32(2)21-14-20(15-21)27-31-24(25-26(28)29-12-13-33(25)27)19-9-8-18-10-11-22(30-23(18)16-19)17-6-4-3-5-7-17/h4,6-13,16,20-21H,3,5,14-15H2,1-2H3,(H2,28,29)/t20-,21+. The summed E-state index contributed by atoms with van der Waals surface area (Å²) in [7, 11) is 4.29. The van der Waals surface area contributed by atoms with Gasteiger partial charge >= 0.3 is 0 Å². The van der Waals surface area contributed by atoms with Gasteiger partial charge in [-0.15, -0.1) is 0 Å². The Bertz CT molecular complexity index is 1420. The number of nitrogens with two attached hydrogens (primary N) is 1. The minimum atomic E-state index is 0.427. The van der Waals surface area contributed by atoms with E-state index in [0.717, 1.165) is 64.9 Å². The van der Waals surface area contributed by atoms with E-state index in [1.54, 1.807) is 6.20 Å². The second-order valence-electron chi connectivity index (χ2n) is 9.38. The number of allylic oxidation sites excluding steroid dienone is 4. The Morgan fingerprint density at radius 1 is 1.06 bits per heavy atom. The molecule has 2 N–H and O–H groups in total. The van der Waals surface area contributed by atoms with Gasteiger partial charge in [-0.3, -0.25) is 4.40 Å². The molecule has 166 valence electrons. The van der Waals surface area contributed by atoms with Gasteiger partial charge in [0.05, 0.1) is 11.2 Å². The number of anilines is 1. The Morgan fingerprint density at radius 2 is 1.91 bits per heavy atom. The number of fused-ring (bicyclic) bond motifs is 2. The molecule has 6 rings (SSSR count). The van der Waals surface area contributed by atoms with Crippen LogP contribution in [0.25, 0.3) is 33.3 Å². The molecule has 0 spiro atoms. The number of aromatic nitrogens is 4. The highest BCUT2D eigenvalue weighted by atomic mass is 15.1. The van der Waals surface area contributed by atoms with E-state index in [0.29, 0.717) is 17.8 Å². The van der Waals surface area contributed by atoms with E-state index in [1.807, 2.05) is 6.20 Å². The summed E-state index contributed by atoms with van der Waals surface area (Å²) in [4.78, 5) is 16.8. The summed E-state index contributed by atoms with van der Waals surface area (Å²) >= 11 is 0. The Morgan fingerprint density at radius 3 is 2.70 bits per heavy atom. The number of rotatable bonds is 4. The fourth-order valence-electron chi connectivity index (χ4n) is 5.03. The first-order valence-corrected chi connectivity index (χ1v) is 11.7. The highest BCUT2D eigenvalue weighted by Gasteiger charge is 2.35. The largest absolute Gasteiger partial charge is 0.382 e. The molecule has 0 bridgehead atoms. The molecule has 0 saturated heterocycles. The predicted molar refractivity (Wildman–Crippen MR) is 134 cm³/mol. The van der Waals surface area contributed by atoms with Gasteiger partial charge in [0.2, 0.25) is 0 Å². The summed E-state index contributed by atoms with van der Waals surface area (Å²) in [6.07, 6.45) is 14.8. The fourth-order valence-corrected chi connectivity index (χ4v) is 5.03. The van der Waals surface area contributed by atoms with Gasteiger partial charge in [-0.1, -0.05) is 36.4 Å². The highest BCUT2D eigenvalue weighted by molar-refractivity contribution is 5.91. The zero-order valence-corrected chi connectivity index (χ0v) is 19.1. The first kappa shape index (κ1) is 20.1. The summed E-state index contributed by atoms with van der Waals surface area (Å²) in [5, 5.41) is 1.12. The molecule has 0 atom stereocenters. The third-order valence-corrected chi connectivity index (χ3v) is 7.08. The number of hydrogen-bond acceptors (Lipinski definition) is 5. The second-order valence-corrected chi connectivity index (χ2v) is 9.38. The van der Waals surface area contributed by atoms with Crippen LogP contribution in [-0.2, 0) is 0 Å². The van der Waals surface area contributed by atoms with Crippen LogP contribution in [0.5, 0.6) is 0 Å². The van der Waals surface area contributed by atoms with Gasteiger partial charge < -0.3 is 10.6 Å². The molecule has 2 aliphatic carbocycles. The number of hydrogen-bond donors (Lipinski definition) is 1. The van der Waals surface area contributed by atoms with E-state index < -0.39 is 0 Å². The van der Waals surface area contributed by atoms with E-state index in [9.17, 15) is 0 Å². The van der Waals surface area contributed by atoms with Gasteiger partial charge in [-0.05, 0) is 57.5 Å². The summed E-state index contributed by atoms with van der Waals surface area (Å²) in [6.45, 7) is 0. The van der Waals surface area contributed by atoms with E-state index >= 15 is 0 Å². The smallest absolute Gasteiger partial charge is 0.150 e. The minimum Gasteiger partial charge on any atom is -0.382 e. The third-order valence-electron chi connectivity index (χ3n) is 7.08. The molecule has 1 fully saturated rings. The van der Waals surface area contributed by atoms with Crippen molar-refractivity contribution in [3.8, 4) is 11.3 Å². The molecule has 0 aliphatic heterocycles. The van der Waals surface area contributed by atoms with Crippen LogP contribution in [0.1, 0.15) is 43.1 Å². The molecular formula is C27H28N6. The predicted octanol–water partition coefficient (Wildman–Crippen LogP) is 5.07. The van der Waals surface area contributed by atoms with Crippen LogP contribution in [0, 0.1) is 0 Å². The van der Waals surface area contributed by atoms with Gasteiger partial charge in [0.15, 0.2) is 0 Å². The normalized spacial score (nSPS) is 20.4. The first-order valence-electron chi connectivity index (χ1n) is 11.7. The third kappa shape index (κ3) is 3.42. The maximum atomic E-state index is 6.37. The van der Waals surface area contributed by atoms with E-state index in [1.165, 1.54) is 5.57 Å². The van der Waals surface area contributed by atoms with Crippen molar-refractivity contribution in [1.29, 1.82) is 0 Å². The van der Waals surface area contributed by atoms with Crippen LogP contribution in [0.2, 0.25) is 0 Å². The number of benzene rings is 1. The lowest BCUT2D eigenvalue weighted by Gasteiger charge is -2.38. The lowest BCUT2D eigenvalue weighted by Crippen LogP contribution is -2.39. The van der Waals surface area contributed by atoms with E-state index in [-0.39, 0.29) is 0 Å². The number of pyridine rings is 1. The first-order chi connectivity index (χ1) is 16.1. The average Bonchev–Trinajstić information content (AvgIpc) is 3.18. The topological polar surface area (TPSA) is 72.3 Å². The van der Waals surface area contributed by atoms with Crippen LogP contribution in [0.4, 0.5) is 5.82 Å². The zero-order valence-electron chi connectivity index (χ0n) is 19.1. The van der Waals surface area contributed by atoms with Crippen molar-refractivity contribution in [3.63, 3.8) is 0 Å². The molecule has 3 heterocycles. The molecule has 1 saturated carbocycles. The van der Waals surface area contributed by atoms with E-state index in [4.69, 9.17) is 15.7 Å². The SMILES string of the molecule is CN(C)[C@H]1C[C@@H](c2nc(-c3ccc4ccc(C5=CCCC=C5)nc4c3)c3c(N)nccn32)C1. The molecular weight excluding hydrogens is 408 g/mol. The molecule has 0 amide bonds. The summed E-state index contributed by atoms with van der Waals surface area (Å²) in [6, 6.07) is 11.2. The van der Waals surface area contributed by atoms with Crippen LogP contribution >= 0.6 is 0 Å². The van der Waals surface area contributed by atoms with Crippen LogP contribution in [0.3, 0.4) is 0 Å². The molecule has 6 heteroatoms. The Kier molecular flexibility index (Phi) is 4.76. The van der Waals surface area contributed by atoms with Gasteiger partial charge in [-0.25, -0.2) is 15.0 Å². The average molecular weight is 437 g/mol. The number of nitrogen functional groups attached to an aromatic ring is 1. The zero-order chi connectivity index (χ0) is 22.5. The number of imidazole rings is 1. The van der Waals surface area contributed by atoms with Crippen molar-refractivity contribution in [1.82, 2.24) is 24.3 Å². The maximum absolute atomic E-state index is 6.37. The van der Waals surface area contributed by atoms with Crippen molar-refractivity contribution in [2.75, 3.05) is 19.8 Å². The molecule has 1 aromatic carbocycles. The molecule has 0 radical (unpaired) electrons. The lowest BCUT2D eigenvalue weighted by atomic mass is 9.79. The maximum Gasteiger partial charge on any atom is 0.150 e. The van der Waals surface area contributed by atoms with Crippen molar-refractivity contribution < 1.29 is 0 Å². The van der Waals surface area contributed by atoms with Gasteiger partial charge in [0, 0.05) is 35.3 Å². The fraction of sp³-hybridized carbons (Fsp3) is 0.296. The molecule has 3 aromatic heterocycles. The van der Waals surface area contributed by atoms with Gasteiger partial charge in [0.25, 0.3) is 0 Å². The van der Waals surface area contributed by atoms with Crippen molar-refractivity contribution >= 4 is 27.8 Å². The van der Waals surface area contributed by atoms with Gasteiger partial charge in [-0.2, -0.15) is 0 Å². The second kappa shape index (κ2) is 7.81. The quantitative estimate of drug-likeness (QED) is 0.484. The van der Waals surface area contributed by atoms with Crippen molar-refractivity contribution in [2.45, 2.75) is 37.6 Å². The number of nitrogens with zero attached hydrogens (tertiary/aromatic N) is 5. The monoisotopic (exact) mass is 436 g/mol. The van der Waals surface area contributed by atoms with Crippen molar-refractivity contribution in [2.24, 2.45) is 0 Å². The van der Waals surface area contributed by atoms with E-state index in [2.05, 4.69) is 76.9 Å². The lowest BCUT2D eigenvalue weighted by molar-refractivity contribution is 0.161. The van der Waals surface area contributed by atoms with Crippen LogP contribution in [-0.4, -0.2) is 44.4 Å². The summed E-state index contributed by atoms with van der Waals surface area (Å²) < 4.78 is 2.14. The molecule has 33 heavy (non-hydrogen) atoms. The Labute approximate surface area is 193 Å². The van der Waals surface area contributed by atoms with Crippen LogP contribution < -0.4 is 5.73 Å². The van der Waals surface area contributed by atoms with Crippen LogP contribution in [0.15, 0.2) is 61.0 Å². The van der Waals surface area contributed by atoms with Crippen molar-refractivity contribution in [3.05, 3.63) is 72.5 Å². The summed E-state index contributed by atoms with van der Waals surface area (Å²) in [5.74, 6) is 2.01. The Hall–Kier alpha value is -3.51. The summed E-state index contributed by atoms with van der Waals surface area (Å²) in [5.41, 5.74) is 12.3. The highest BCUT2D eigenvalue weighted by Crippen LogP contribution is 2.41. The molecule has 4 aromatic rings. The molecule has 6 nitrogen and oxygen atoms in total.